The first-order valence-electron chi connectivity index (χ1n) is 2.77. The lowest BCUT2D eigenvalue weighted by atomic mass is 10.4. The van der Waals surface area contributed by atoms with Gasteiger partial charge in [-0.1, -0.05) is 0 Å². The van der Waals surface area contributed by atoms with Crippen LogP contribution in [0.1, 0.15) is 6.92 Å². The summed E-state index contributed by atoms with van der Waals surface area (Å²) < 4.78 is 0. The largest absolute Gasteiger partial charge is 0.316 e. The van der Waals surface area contributed by atoms with Gasteiger partial charge in [-0.15, -0.1) is 11.8 Å². The first kappa shape index (κ1) is 7.16. The quantitative estimate of drug-likeness (QED) is 0.556. The van der Waals surface area contributed by atoms with Gasteiger partial charge in [-0.2, -0.15) is 5.26 Å². The van der Waals surface area contributed by atoms with Gasteiger partial charge in [-0.25, -0.2) is 0 Å². The minimum Gasteiger partial charge on any atom is -0.316 e. The molecule has 0 aliphatic carbocycles. The molecular formula is C6H6N2OS. The molecule has 10 heavy (non-hydrogen) atoms. The molecule has 0 aromatic rings. The molecular weight excluding hydrogens is 148 g/mol. The Labute approximate surface area is 63.1 Å². The summed E-state index contributed by atoms with van der Waals surface area (Å²) in [6, 6.07) is 1.91. The van der Waals surface area contributed by atoms with E-state index in [9.17, 15) is 4.79 Å². The molecule has 1 amide bonds. The van der Waals surface area contributed by atoms with Crippen molar-refractivity contribution in [2.75, 3.05) is 5.75 Å². The summed E-state index contributed by atoms with van der Waals surface area (Å²) in [6.07, 6.45) is 0. The van der Waals surface area contributed by atoms with Gasteiger partial charge in [0.05, 0.1) is 5.75 Å². The normalized spacial score (nSPS) is 18.2. The fourth-order valence-corrected chi connectivity index (χ4v) is 1.28. The minimum absolute atomic E-state index is 0.0906. The standard InChI is InChI=1S/C6H6N2OS/c1-4-5(2-7)8-6(9)3-10-4/h3H2,1H3,(H,8,9). The van der Waals surface area contributed by atoms with Crippen LogP contribution in [0.4, 0.5) is 0 Å². The van der Waals surface area contributed by atoms with Crippen molar-refractivity contribution in [2.24, 2.45) is 0 Å². The highest BCUT2D eigenvalue weighted by Crippen LogP contribution is 2.20. The maximum absolute atomic E-state index is 10.7. The molecule has 52 valence electrons. The van der Waals surface area contributed by atoms with E-state index in [-0.39, 0.29) is 5.91 Å². The molecule has 0 radical (unpaired) electrons. The van der Waals surface area contributed by atoms with Crippen LogP contribution in [0, 0.1) is 11.3 Å². The van der Waals surface area contributed by atoms with Gasteiger partial charge in [-0.05, 0) is 6.92 Å². The summed E-state index contributed by atoms with van der Waals surface area (Å²) in [6.45, 7) is 1.82. The van der Waals surface area contributed by atoms with E-state index >= 15 is 0 Å². The van der Waals surface area contributed by atoms with E-state index in [4.69, 9.17) is 5.26 Å². The van der Waals surface area contributed by atoms with Gasteiger partial charge in [-0.3, -0.25) is 4.79 Å². The number of nitrogens with zero attached hydrogens (tertiary/aromatic N) is 1. The third-order valence-electron chi connectivity index (χ3n) is 1.15. The topological polar surface area (TPSA) is 52.9 Å². The third kappa shape index (κ3) is 1.31. The average Bonchev–Trinajstić information content (AvgIpc) is 1.94. The number of allylic oxidation sites excluding steroid dienone is 2. The van der Waals surface area contributed by atoms with E-state index in [1.54, 1.807) is 0 Å². The van der Waals surface area contributed by atoms with Gasteiger partial charge in [0, 0.05) is 4.91 Å². The summed E-state index contributed by atoms with van der Waals surface area (Å²) in [7, 11) is 0. The Morgan fingerprint density at radius 3 is 3.00 bits per heavy atom. The molecule has 0 aromatic heterocycles. The Morgan fingerprint density at radius 2 is 2.50 bits per heavy atom. The maximum Gasteiger partial charge on any atom is 0.235 e. The molecule has 1 N–H and O–H groups in total. The predicted octanol–water partition coefficient (Wildman–Crippen LogP) is 0.604. The first-order valence-corrected chi connectivity index (χ1v) is 3.76. The summed E-state index contributed by atoms with van der Waals surface area (Å²) in [5.74, 6) is 0.337. The second kappa shape index (κ2) is 2.76. The predicted molar refractivity (Wildman–Crippen MR) is 38.9 cm³/mol. The number of nitrogens with one attached hydrogen (secondary N) is 1. The number of thioether (sulfide) groups is 1. The maximum atomic E-state index is 10.7. The van der Waals surface area contributed by atoms with Crippen LogP contribution < -0.4 is 5.32 Å². The summed E-state index contributed by atoms with van der Waals surface area (Å²) in [5.41, 5.74) is 0.390. The molecule has 0 bridgehead atoms. The van der Waals surface area contributed by atoms with Gasteiger partial charge in [0.25, 0.3) is 0 Å². The van der Waals surface area contributed by atoms with E-state index in [1.165, 1.54) is 11.8 Å². The highest BCUT2D eigenvalue weighted by molar-refractivity contribution is 8.03. The average molecular weight is 154 g/mol. The fraction of sp³-hybridized carbons (Fsp3) is 0.333. The van der Waals surface area contributed by atoms with Crippen LogP contribution in [0.25, 0.3) is 0 Å². The van der Waals surface area contributed by atoms with Crippen molar-refractivity contribution in [3.8, 4) is 6.07 Å². The minimum atomic E-state index is -0.0906. The van der Waals surface area contributed by atoms with Crippen molar-refractivity contribution < 1.29 is 4.79 Å². The Bertz CT molecular complexity index is 239. The van der Waals surface area contributed by atoms with E-state index in [0.717, 1.165) is 4.91 Å². The van der Waals surface area contributed by atoms with Crippen molar-refractivity contribution in [2.45, 2.75) is 6.92 Å². The number of amides is 1. The van der Waals surface area contributed by atoms with E-state index in [1.807, 2.05) is 13.0 Å². The number of nitriles is 1. The zero-order chi connectivity index (χ0) is 7.56. The number of carbonyl (C=O) groups excluding carboxylic acids is 1. The first-order chi connectivity index (χ1) is 4.74. The van der Waals surface area contributed by atoms with Gasteiger partial charge >= 0.3 is 0 Å². The number of rotatable bonds is 0. The molecule has 0 atom stereocenters. The van der Waals surface area contributed by atoms with Crippen LogP contribution in [-0.4, -0.2) is 11.7 Å². The smallest absolute Gasteiger partial charge is 0.235 e. The summed E-state index contributed by atoms with van der Waals surface area (Å²) in [4.78, 5) is 11.6. The van der Waals surface area contributed by atoms with Crippen molar-refractivity contribution >= 4 is 17.7 Å². The SMILES string of the molecule is CC1=C(C#N)NC(=O)CS1. The van der Waals surface area contributed by atoms with Gasteiger partial charge in [0.1, 0.15) is 11.8 Å². The number of hydrogen-bond acceptors (Lipinski definition) is 3. The lowest BCUT2D eigenvalue weighted by Crippen LogP contribution is -2.27. The van der Waals surface area contributed by atoms with Gasteiger partial charge < -0.3 is 5.32 Å². The molecule has 0 aromatic carbocycles. The lowest BCUT2D eigenvalue weighted by molar-refractivity contribution is -0.117. The molecule has 0 spiro atoms. The van der Waals surface area contributed by atoms with Gasteiger partial charge in [0.15, 0.2) is 0 Å². The molecule has 0 saturated carbocycles. The van der Waals surface area contributed by atoms with E-state index in [2.05, 4.69) is 5.32 Å². The van der Waals surface area contributed by atoms with Crippen molar-refractivity contribution in [3.63, 3.8) is 0 Å². The van der Waals surface area contributed by atoms with Crippen LogP contribution in [0.3, 0.4) is 0 Å². The zero-order valence-electron chi connectivity index (χ0n) is 5.47. The zero-order valence-corrected chi connectivity index (χ0v) is 6.29. The Hall–Kier alpha value is -0.950. The molecule has 1 heterocycles. The fourth-order valence-electron chi connectivity index (χ4n) is 0.616. The number of carbonyl (C=O) groups is 1. The molecule has 1 rings (SSSR count). The highest BCUT2D eigenvalue weighted by Gasteiger charge is 2.13. The van der Waals surface area contributed by atoms with Crippen molar-refractivity contribution in [3.05, 3.63) is 10.6 Å². The second-order valence-corrected chi connectivity index (χ2v) is 3.07. The van der Waals surface area contributed by atoms with Crippen LogP contribution in [0.2, 0.25) is 0 Å². The lowest BCUT2D eigenvalue weighted by Gasteiger charge is -2.11. The second-order valence-electron chi connectivity index (χ2n) is 1.88. The van der Waals surface area contributed by atoms with Crippen LogP contribution >= 0.6 is 11.8 Å². The van der Waals surface area contributed by atoms with Crippen molar-refractivity contribution in [1.29, 1.82) is 5.26 Å². The Kier molecular flexibility index (Phi) is 1.97. The molecule has 1 aliphatic rings. The highest BCUT2D eigenvalue weighted by atomic mass is 32.2. The molecule has 4 heteroatoms. The third-order valence-corrected chi connectivity index (χ3v) is 2.19. The molecule has 3 nitrogen and oxygen atoms in total. The molecule has 0 saturated heterocycles. The Balaban J connectivity index is 2.84. The van der Waals surface area contributed by atoms with E-state index < -0.39 is 0 Å². The van der Waals surface area contributed by atoms with Gasteiger partial charge in [0.2, 0.25) is 5.91 Å². The Morgan fingerprint density at radius 1 is 1.80 bits per heavy atom. The van der Waals surface area contributed by atoms with Crippen molar-refractivity contribution in [1.82, 2.24) is 5.32 Å². The van der Waals surface area contributed by atoms with Crippen LogP contribution in [-0.2, 0) is 4.79 Å². The number of hydrogen-bond donors (Lipinski definition) is 1. The summed E-state index contributed by atoms with van der Waals surface area (Å²) >= 11 is 1.40. The van der Waals surface area contributed by atoms with Crippen LogP contribution in [0.5, 0.6) is 0 Å². The monoisotopic (exact) mass is 154 g/mol. The molecule has 0 unspecified atom stereocenters. The molecule has 0 fully saturated rings. The van der Waals surface area contributed by atoms with E-state index in [0.29, 0.717) is 11.4 Å². The molecule has 1 aliphatic heterocycles. The van der Waals surface area contributed by atoms with Crippen LogP contribution in [0.15, 0.2) is 10.6 Å². The summed E-state index contributed by atoms with van der Waals surface area (Å²) in [5, 5.41) is 10.9.